The van der Waals surface area contributed by atoms with E-state index in [9.17, 15) is 9.59 Å². The van der Waals surface area contributed by atoms with Crippen molar-refractivity contribution in [2.75, 3.05) is 26.4 Å². The Bertz CT molecular complexity index is 804. The maximum absolute atomic E-state index is 12.0. The standard InChI is InChI=1S/C30H44O6/c1-4-5-6-7-24-8-10-25(11-9-24)12-13-26-14-16-27(17-15-26)28(20-35-29(33)22(2)18-31)21-36-30(34)23(3)19-32/h8-11,26-28,31-32H,2-7,12-21H2,1H3. The molecule has 1 aliphatic rings. The number of benzene rings is 1. The second-order valence-corrected chi connectivity index (χ2v) is 10.1. The van der Waals surface area contributed by atoms with Crippen LogP contribution in [0.5, 0.6) is 0 Å². The van der Waals surface area contributed by atoms with Gasteiger partial charge in [0, 0.05) is 5.92 Å². The normalized spacial score (nSPS) is 17.6. The number of carbonyl (C=O) groups excluding carboxylic acids is 2. The minimum absolute atomic E-state index is 0.00268. The van der Waals surface area contributed by atoms with Crippen LogP contribution >= 0.6 is 0 Å². The highest BCUT2D eigenvalue weighted by atomic mass is 16.5. The molecule has 2 N–H and O–H groups in total. The van der Waals surface area contributed by atoms with Crippen molar-refractivity contribution in [2.24, 2.45) is 17.8 Å². The zero-order valence-corrected chi connectivity index (χ0v) is 21.9. The molecule has 0 aliphatic heterocycles. The predicted octanol–water partition coefficient (Wildman–Crippen LogP) is 4.96. The molecule has 0 unspecified atom stereocenters. The first-order valence-corrected chi connectivity index (χ1v) is 13.4. The molecule has 1 aromatic carbocycles. The molecule has 0 spiro atoms. The monoisotopic (exact) mass is 500 g/mol. The van der Waals surface area contributed by atoms with Crippen LogP contribution in [0.2, 0.25) is 0 Å². The van der Waals surface area contributed by atoms with Crippen molar-refractivity contribution in [1.29, 1.82) is 0 Å². The van der Waals surface area contributed by atoms with Crippen LogP contribution in [-0.2, 0) is 31.9 Å². The number of esters is 2. The van der Waals surface area contributed by atoms with E-state index in [0.29, 0.717) is 5.92 Å². The van der Waals surface area contributed by atoms with Gasteiger partial charge in [0.25, 0.3) is 0 Å². The summed E-state index contributed by atoms with van der Waals surface area (Å²) in [5, 5.41) is 18.2. The lowest BCUT2D eigenvalue weighted by atomic mass is 9.74. The van der Waals surface area contributed by atoms with Gasteiger partial charge >= 0.3 is 11.9 Å². The summed E-state index contributed by atoms with van der Waals surface area (Å²) < 4.78 is 10.7. The summed E-state index contributed by atoms with van der Waals surface area (Å²) in [7, 11) is 0. The molecule has 0 heterocycles. The fraction of sp³-hybridized carbons (Fsp3) is 0.600. The molecule has 0 saturated heterocycles. The fourth-order valence-corrected chi connectivity index (χ4v) is 4.79. The first-order chi connectivity index (χ1) is 17.4. The van der Waals surface area contributed by atoms with Crippen LogP contribution in [0.4, 0.5) is 0 Å². The molecular weight excluding hydrogens is 456 g/mol. The maximum atomic E-state index is 12.0. The van der Waals surface area contributed by atoms with Crippen molar-refractivity contribution in [2.45, 2.75) is 71.1 Å². The molecule has 1 aliphatic carbocycles. The molecule has 6 heteroatoms. The lowest BCUT2D eigenvalue weighted by Crippen LogP contribution is -2.31. The summed E-state index contributed by atoms with van der Waals surface area (Å²) >= 11 is 0. The minimum atomic E-state index is -0.640. The lowest BCUT2D eigenvalue weighted by molar-refractivity contribution is -0.146. The fourth-order valence-electron chi connectivity index (χ4n) is 4.79. The Morgan fingerprint density at radius 1 is 0.861 bits per heavy atom. The predicted molar refractivity (Wildman–Crippen MR) is 141 cm³/mol. The van der Waals surface area contributed by atoms with E-state index in [1.807, 2.05) is 0 Å². The highest BCUT2D eigenvalue weighted by Gasteiger charge is 2.30. The first kappa shape index (κ1) is 29.8. The third-order valence-electron chi connectivity index (χ3n) is 7.31. The van der Waals surface area contributed by atoms with Gasteiger partial charge in [0.1, 0.15) is 0 Å². The van der Waals surface area contributed by atoms with Gasteiger partial charge in [0.2, 0.25) is 0 Å². The number of ether oxygens (including phenoxy) is 2. The van der Waals surface area contributed by atoms with Gasteiger partial charge < -0.3 is 19.7 Å². The zero-order valence-electron chi connectivity index (χ0n) is 21.9. The van der Waals surface area contributed by atoms with Gasteiger partial charge in [-0.25, -0.2) is 9.59 Å². The number of rotatable bonds is 16. The van der Waals surface area contributed by atoms with Crippen molar-refractivity contribution < 1.29 is 29.3 Å². The molecule has 2 rings (SSSR count). The van der Waals surface area contributed by atoms with E-state index in [2.05, 4.69) is 44.3 Å². The number of aryl methyl sites for hydroxylation is 2. The first-order valence-electron chi connectivity index (χ1n) is 13.4. The molecule has 0 radical (unpaired) electrons. The summed E-state index contributed by atoms with van der Waals surface area (Å²) in [5.41, 5.74) is 2.81. The lowest BCUT2D eigenvalue weighted by Gasteiger charge is -2.33. The van der Waals surface area contributed by atoms with Gasteiger partial charge in [0.05, 0.1) is 37.6 Å². The third-order valence-corrected chi connectivity index (χ3v) is 7.31. The molecule has 200 valence electrons. The van der Waals surface area contributed by atoms with Gasteiger partial charge in [-0.15, -0.1) is 0 Å². The van der Waals surface area contributed by atoms with Crippen molar-refractivity contribution in [3.8, 4) is 0 Å². The van der Waals surface area contributed by atoms with Crippen LogP contribution in [0.25, 0.3) is 0 Å². The summed E-state index contributed by atoms with van der Waals surface area (Å²) in [6.07, 6.45) is 11.3. The van der Waals surface area contributed by atoms with E-state index in [1.54, 1.807) is 0 Å². The average molecular weight is 501 g/mol. The number of aliphatic hydroxyl groups excluding tert-OH is 2. The van der Waals surface area contributed by atoms with E-state index in [-0.39, 0.29) is 36.2 Å². The Balaban J connectivity index is 1.83. The third kappa shape index (κ3) is 10.3. The Kier molecular flexibility index (Phi) is 13.5. The molecule has 0 aromatic heterocycles. The summed E-state index contributed by atoms with van der Waals surface area (Å²) in [4.78, 5) is 24.0. The van der Waals surface area contributed by atoms with E-state index in [0.717, 1.165) is 44.9 Å². The number of hydrogen-bond donors (Lipinski definition) is 2. The Labute approximate surface area is 216 Å². The van der Waals surface area contributed by atoms with Crippen LogP contribution in [0.3, 0.4) is 0 Å². The quantitative estimate of drug-likeness (QED) is 0.189. The second-order valence-electron chi connectivity index (χ2n) is 10.1. The van der Waals surface area contributed by atoms with Crippen LogP contribution in [0.15, 0.2) is 48.6 Å². The van der Waals surface area contributed by atoms with Gasteiger partial charge in [-0.2, -0.15) is 0 Å². The van der Waals surface area contributed by atoms with Crippen LogP contribution in [0.1, 0.15) is 69.4 Å². The van der Waals surface area contributed by atoms with Crippen molar-refractivity contribution >= 4 is 11.9 Å². The molecule has 6 nitrogen and oxygen atoms in total. The van der Waals surface area contributed by atoms with Gasteiger partial charge in [-0.1, -0.05) is 70.0 Å². The largest absolute Gasteiger partial charge is 0.462 e. The highest BCUT2D eigenvalue weighted by molar-refractivity contribution is 5.88. The van der Waals surface area contributed by atoms with Gasteiger partial charge in [-0.05, 0) is 61.5 Å². The summed E-state index contributed by atoms with van der Waals surface area (Å²) in [6, 6.07) is 9.08. The number of hydrogen-bond acceptors (Lipinski definition) is 6. The molecule has 1 fully saturated rings. The van der Waals surface area contributed by atoms with Crippen molar-refractivity contribution in [3.05, 3.63) is 59.7 Å². The number of unbranched alkanes of at least 4 members (excludes halogenated alkanes) is 2. The van der Waals surface area contributed by atoms with Crippen LogP contribution in [0, 0.1) is 17.8 Å². The van der Waals surface area contributed by atoms with Crippen LogP contribution < -0.4 is 0 Å². The van der Waals surface area contributed by atoms with Crippen LogP contribution in [-0.4, -0.2) is 48.6 Å². The maximum Gasteiger partial charge on any atom is 0.335 e. The van der Waals surface area contributed by atoms with E-state index in [4.69, 9.17) is 19.7 Å². The zero-order chi connectivity index (χ0) is 26.3. The Morgan fingerprint density at radius 3 is 1.83 bits per heavy atom. The van der Waals surface area contributed by atoms with E-state index < -0.39 is 25.2 Å². The molecular formula is C30H44O6. The highest BCUT2D eigenvalue weighted by Crippen LogP contribution is 2.36. The molecule has 0 amide bonds. The molecule has 1 aromatic rings. The summed E-state index contributed by atoms with van der Waals surface area (Å²) in [6.45, 7) is 8.50. The topological polar surface area (TPSA) is 93.1 Å². The number of aliphatic hydroxyl groups is 2. The van der Waals surface area contributed by atoms with E-state index in [1.165, 1.54) is 30.4 Å². The van der Waals surface area contributed by atoms with Crippen molar-refractivity contribution in [3.63, 3.8) is 0 Å². The minimum Gasteiger partial charge on any atom is -0.462 e. The number of carbonyl (C=O) groups is 2. The molecule has 0 atom stereocenters. The molecule has 1 saturated carbocycles. The SMILES string of the molecule is C=C(CO)C(=O)OCC(COC(=O)C(=C)CO)C1CCC(CCc2ccc(CCCCC)cc2)CC1. The molecule has 36 heavy (non-hydrogen) atoms. The van der Waals surface area contributed by atoms with E-state index >= 15 is 0 Å². The smallest absolute Gasteiger partial charge is 0.335 e. The Hall–Kier alpha value is -2.44. The van der Waals surface area contributed by atoms with Gasteiger partial charge in [-0.3, -0.25) is 0 Å². The average Bonchev–Trinajstić information content (AvgIpc) is 2.91. The Morgan fingerprint density at radius 2 is 1.36 bits per heavy atom. The van der Waals surface area contributed by atoms with Crippen molar-refractivity contribution in [1.82, 2.24) is 0 Å². The van der Waals surface area contributed by atoms with Gasteiger partial charge in [0.15, 0.2) is 0 Å². The molecule has 0 bridgehead atoms. The second kappa shape index (κ2) is 16.3. The summed E-state index contributed by atoms with van der Waals surface area (Å²) in [5.74, 6) is -0.525.